The third-order valence-electron chi connectivity index (χ3n) is 3.31. The molecule has 1 saturated heterocycles. The van der Waals surface area contributed by atoms with Crippen LogP contribution in [0.1, 0.15) is 33.1 Å². The van der Waals surface area contributed by atoms with Crippen molar-refractivity contribution >= 4 is 23.5 Å². The number of unbranched alkanes of at least 4 members (excludes halogenated alkanes) is 1. The molecular weight excluding hydrogens is 436 g/mol. The zero-order valence-corrected chi connectivity index (χ0v) is 16.3. The van der Waals surface area contributed by atoms with E-state index in [1.54, 1.807) is 12.1 Å². The Morgan fingerprint density at radius 1 is 1.27 bits per heavy atom. The summed E-state index contributed by atoms with van der Waals surface area (Å²) in [5, 5.41) is 9.39. The predicted molar refractivity (Wildman–Crippen MR) is 92.4 cm³/mol. The van der Waals surface area contributed by atoms with Gasteiger partial charge in [0.2, 0.25) is 0 Å². The summed E-state index contributed by atoms with van der Waals surface area (Å²) in [6.45, 7) is 3.36. The van der Waals surface area contributed by atoms with Crippen molar-refractivity contribution in [2.45, 2.75) is 33.1 Å². The number of nitrogens with one attached hydrogen (secondary N) is 1. The third kappa shape index (κ3) is 8.59. The van der Waals surface area contributed by atoms with Crippen LogP contribution in [0.5, 0.6) is 0 Å². The Balaban J connectivity index is 0. The Labute approximate surface area is 168 Å². The number of hydrogen-bond donors (Lipinski definition) is 2. The molecule has 151 valence electrons. The third-order valence-corrected chi connectivity index (χ3v) is 3.31. The zero-order valence-electron chi connectivity index (χ0n) is 14.8. The van der Waals surface area contributed by atoms with Crippen molar-refractivity contribution in [1.29, 1.82) is 0 Å². The summed E-state index contributed by atoms with van der Waals surface area (Å²) < 4.78 is 4.30. The quantitative estimate of drug-likeness (QED) is 0.364. The Bertz CT molecular complexity index is 555. The summed E-state index contributed by atoms with van der Waals surface area (Å²) in [7, 11) is 0. The van der Waals surface area contributed by atoms with Gasteiger partial charge in [-0.15, -0.1) is 0 Å². The first-order valence-corrected chi connectivity index (χ1v) is 7.95. The Morgan fingerprint density at radius 3 is 2.35 bits per heavy atom. The fraction of sp³-hybridized carbons (Fsp3) is 0.471. The zero-order chi connectivity index (χ0) is 17.9. The number of benzene rings is 1. The molecule has 0 saturated carbocycles. The number of rotatable bonds is 6. The maximum atomic E-state index is 12.1. The van der Waals surface area contributed by atoms with Crippen molar-refractivity contribution in [3.05, 3.63) is 30.3 Å². The van der Waals surface area contributed by atoms with Gasteiger partial charge >= 0.3 is 5.97 Å². The number of amides is 2. The molecule has 0 aromatic heterocycles. The Morgan fingerprint density at radius 2 is 1.88 bits per heavy atom. The number of carbonyl (C=O) groups is 3. The first-order chi connectivity index (χ1) is 11.5. The molecule has 1 atom stereocenters. The molecule has 9 heteroatoms. The molecule has 0 bridgehead atoms. The molecule has 8 nitrogen and oxygen atoms in total. The molecule has 1 heterocycles. The SMILES string of the molecule is CC(=O)OCCO.CCCCC1C(=O)NN(c2ccccc2)C1=O.O.[Ag]. The van der Waals surface area contributed by atoms with E-state index in [4.69, 9.17) is 5.11 Å². The number of carbonyl (C=O) groups excluding carboxylic acids is 3. The van der Waals surface area contributed by atoms with Gasteiger partial charge in [0, 0.05) is 29.3 Å². The molecule has 2 rings (SSSR count). The van der Waals surface area contributed by atoms with Gasteiger partial charge in [0.05, 0.1) is 12.3 Å². The Kier molecular flexibility index (Phi) is 14.7. The van der Waals surface area contributed by atoms with E-state index in [-0.39, 0.29) is 58.9 Å². The summed E-state index contributed by atoms with van der Waals surface area (Å²) in [6.07, 6.45) is 2.51. The van der Waals surface area contributed by atoms with Crippen LogP contribution in [0, 0.1) is 5.92 Å². The molecule has 0 spiro atoms. The first-order valence-electron chi connectivity index (χ1n) is 7.95. The van der Waals surface area contributed by atoms with Crippen molar-refractivity contribution in [3.63, 3.8) is 0 Å². The maximum Gasteiger partial charge on any atom is 0.302 e. The summed E-state index contributed by atoms with van der Waals surface area (Å²) in [6, 6.07) is 9.17. The molecule has 26 heavy (non-hydrogen) atoms. The average molecular weight is 462 g/mol. The number of aliphatic hydroxyl groups excluding tert-OH is 1. The number of hydrazine groups is 1. The fourth-order valence-corrected chi connectivity index (χ4v) is 2.13. The Hall–Kier alpha value is -1.71. The van der Waals surface area contributed by atoms with E-state index in [2.05, 4.69) is 10.2 Å². The van der Waals surface area contributed by atoms with Crippen LogP contribution in [0.3, 0.4) is 0 Å². The van der Waals surface area contributed by atoms with Crippen LogP contribution in [0.25, 0.3) is 0 Å². The normalized spacial score (nSPS) is 15.0. The molecule has 2 amide bonds. The van der Waals surface area contributed by atoms with Crippen LogP contribution in [-0.4, -0.2) is 41.6 Å². The predicted octanol–water partition coefficient (Wildman–Crippen LogP) is 0.585. The number of hydrogen-bond acceptors (Lipinski definition) is 5. The molecule has 1 unspecified atom stereocenters. The summed E-state index contributed by atoms with van der Waals surface area (Å²) in [4.78, 5) is 33.6. The van der Waals surface area contributed by atoms with Gasteiger partial charge in [-0.25, -0.2) is 5.01 Å². The summed E-state index contributed by atoms with van der Waals surface area (Å²) in [5.41, 5.74) is 3.34. The smallest absolute Gasteiger partial charge is 0.302 e. The van der Waals surface area contributed by atoms with Gasteiger partial charge < -0.3 is 15.3 Å². The van der Waals surface area contributed by atoms with Gasteiger partial charge in [-0.05, 0) is 18.6 Å². The number of aliphatic hydroxyl groups is 1. The molecule has 1 aromatic carbocycles. The molecular formula is C17H26AgN2O6. The second kappa shape index (κ2) is 14.5. The minimum Gasteiger partial charge on any atom is -0.463 e. The first kappa shape index (κ1) is 26.5. The van der Waals surface area contributed by atoms with Crippen LogP contribution < -0.4 is 10.4 Å². The van der Waals surface area contributed by atoms with E-state index in [0.29, 0.717) is 12.1 Å². The molecule has 1 aliphatic rings. The number of nitrogens with zero attached hydrogens (tertiary/aromatic N) is 1. The summed E-state index contributed by atoms with van der Waals surface area (Å²) in [5.74, 6) is -1.20. The van der Waals surface area contributed by atoms with Crippen molar-refractivity contribution in [2.75, 3.05) is 18.2 Å². The number of esters is 1. The number of ether oxygens (including phenoxy) is 1. The largest absolute Gasteiger partial charge is 0.463 e. The van der Waals surface area contributed by atoms with Crippen LogP contribution >= 0.6 is 0 Å². The second-order valence-electron chi connectivity index (χ2n) is 5.24. The number of anilines is 1. The average Bonchev–Trinajstić information content (AvgIpc) is 2.87. The molecule has 4 N–H and O–H groups in total. The van der Waals surface area contributed by atoms with Gasteiger partial charge in [0.15, 0.2) is 0 Å². The standard InChI is InChI=1S/C13H16N2O2.C4H8O3.Ag.H2O/c1-2-3-9-11-12(16)14-15(13(11)17)10-7-5-4-6-8-10;1-4(6)7-3-2-5;;/h4-8,11H,2-3,9H2,1H3,(H,14,16);5H,2-3H2,1H3;;1H2. The van der Waals surface area contributed by atoms with Crippen molar-refractivity contribution in [2.24, 2.45) is 5.92 Å². The summed E-state index contributed by atoms with van der Waals surface area (Å²) >= 11 is 0. The molecule has 1 radical (unpaired) electrons. The minimum atomic E-state index is -0.518. The molecule has 0 aliphatic carbocycles. The van der Waals surface area contributed by atoms with Crippen LogP contribution in [-0.2, 0) is 41.5 Å². The topological polar surface area (TPSA) is 127 Å². The second-order valence-corrected chi connectivity index (χ2v) is 5.24. The molecule has 1 aromatic rings. The van der Waals surface area contributed by atoms with Gasteiger partial charge in [0.25, 0.3) is 11.8 Å². The van der Waals surface area contributed by atoms with Gasteiger partial charge in [-0.3, -0.25) is 19.8 Å². The molecule has 1 aliphatic heterocycles. The van der Waals surface area contributed by atoms with Crippen molar-refractivity contribution in [3.8, 4) is 0 Å². The van der Waals surface area contributed by atoms with Gasteiger partial charge in [-0.2, -0.15) is 0 Å². The van der Waals surface area contributed by atoms with Crippen molar-refractivity contribution < 1.29 is 52.1 Å². The fourth-order valence-electron chi connectivity index (χ4n) is 2.13. The van der Waals surface area contributed by atoms with Crippen LogP contribution in [0.15, 0.2) is 30.3 Å². The molecule has 1 fully saturated rings. The van der Waals surface area contributed by atoms with Crippen LogP contribution in [0.2, 0.25) is 0 Å². The van der Waals surface area contributed by atoms with Crippen molar-refractivity contribution in [1.82, 2.24) is 5.43 Å². The van der Waals surface area contributed by atoms with E-state index in [9.17, 15) is 14.4 Å². The minimum absolute atomic E-state index is 0. The number of para-hydroxylation sites is 1. The van der Waals surface area contributed by atoms with E-state index >= 15 is 0 Å². The van der Waals surface area contributed by atoms with E-state index in [1.165, 1.54) is 11.9 Å². The van der Waals surface area contributed by atoms with Gasteiger partial charge in [0.1, 0.15) is 12.5 Å². The van der Waals surface area contributed by atoms with Gasteiger partial charge in [-0.1, -0.05) is 38.0 Å². The van der Waals surface area contributed by atoms with Crippen LogP contribution in [0.4, 0.5) is 5.69 Å². The van der Waals surface area contributed by atoms with E-state index in [1.807, 2.05) is 25.1 Å². The monoisotopic (exact) mass is 461 g/mol. The van der Waals surface area contributed by atoms with E-state index in [0.717, 1.165) is 12.8 Å². The van der Waals surface area contributed by atoms with E-state index < -0.39 is 5.92 Å². The maximum absolute atomic E-state index is 12.1.